The summed E-state index contributed by atoms with van der Waals surface area (Å²) in [4.78, 5) is 12.0. The van der Waals surface area contributed by atoms with Crippen LogP contribution in [0.1, 0.15) is 6.42 Å². The molecule has 0 bridgehead atoms. The van der Waals surface area contributed by atoms with E-state index in [1.165, 1.54) is 0 Å². The fourth-order valence-corrected chi connectivity index (χ4v) is 2.20. The number of rotatable bonds is 2. The number of pyridine rings is 1. The molecule has 84 valence electrons. The zero-order valence-electron chi connectivity index (χ0n) is 8.97. The lowest BCUT2D eigenvalue weighted by Crippen LogP contribution is -2.25. The second kappa shape index (κ2) is 3.75. The van der Waals surface area contributed by atoms with Gasteiger partial charge in [0.15, 0.2) is 5.65 Å². The first-order chi connectivity index (χ1) is 7.84. The Kier molecular flexibility index (Phi) is 2.25. The van der Waals surface area contributed by atoms with E-state index in [9.17, 15) is 4.79 Å². The summed E-state index contributed by atoms with van der Waals surface area (Å²) in [6.45, 7) is 2.75. The third-order valence-corrected chi connectivity index (χ3v) is 3.08. The fourth-order valence-electron chi connectivity index (χ4n) is 2.20. The van der Waals surface area contributed by atoms with Gasteiger partial charge in [0.25, 0.3) is 0 Å². The van der Waals surface area contributed by atoms with Crippen molar-refractivity contribution in [2.75, 3.05) is 13.1 Å². The highest BCUT2D eigenvalue weighted by Crippen LogP contribution is 2.09. The van der Waals surface area contributed by atoms with Gasteiger partial charge in [-0.15, -0.1) is 5.10 Å². The molecule has 1 saturated heterocycles. The third kappa shape index (κ3) is 1.53. The van der Waals surface area contributed by atoms with E-state index < -0.39 is 0 Å². The van der Waals surface area contributed by atoms with Crippen LogP contribution in [0.5, 0.6) is 0 Å². The van der Waals surface area contributed by atoms with Crippen LogP contribution in [-0.2, 0) is 6.54 Å². The Bertz CT molecular complexity index is 550. The number of hydrogen-bond donors (Lipinski definition) is 1. The van der Waals surface area contributed by atoms with Gasteiger partial charge in [-0.2, -0.15) is 0 Å². The Hall–Kier alpha value is -1.62. The molecule has 0 spiro atoms. The maximum absolute atomic E-state index is 12.0. The Morgan fingerprint density at radius 3 is 3.19 bits per heavy atom. The summed E-state index contributed by atoms with van der Waals surface area (Å²) in [5.74, 6) is 0.530. The zero-order chi connectivity index (χ0) is 11.0. The fraction of sp³-hybridized carbons (Fsp3) is 0.455. The predicted molar refractivity (Wildman–Crippen MR) is 60.4 cm³/mol. The molecule has 2 aromatic heterocycles. The molecule has 0 radical (unpaired) electrons. The van der Waals surface area contributed by atoms with Crippen LogP contribution in [0.2, 0.25) is 0 Å². The van der Waals surface area contributed by atoms with Gasteiger partial charge in [-0.25, -0.2) is 9.48 Å². The van der Waals surface area contributed by atoms with E-state index in [0.29, 0.717) is 12.5 Å². The van der Waals surface area contributed by atoms with Crippen molar-refractivity contribution in [3.8, 4) is 0 Å². The standard InChI is InChI=1S/C11H14N4O/c16-11-14-6-2-1-3-10(14)13-15(11)8-9-4-5-12-7-9/h1-3,6,9,12H,4-5,7-8H2. The van der Waals surface area contributed by atoms with Crippen molar-refractivity contribution in [1.29, 1.82) is 0 Å². The van der Waals surface area contributed by atoms with E-state index in [1.807, 2.05) is 18.2 Å². The van der Waals surface area contributed by atoms with Crippen LogP contribution in [0.3, 0.4) is 0 Å². The summed E-state index contributed by atoms with van der Waals surface area (Å²) >= 11 is 0. The quantitative estimate of drug-likeness (QED) is 0.778. The van der Waals surface area contributed by atoms with Crippen molar-refractivity contribution in [2.24, 2.45) is 5.92 Å². The van der Waals surface area contributed by atoms with E-state index in [2.05, 4.69) is 10.4 Å². The maximum atomic E-state index is 12.0. The highest BCUT2D eigenvalue weighted by Gasteiger charge is 2.17. The van der Waals surface area contributed by atoms with E-state index in [0.717, 1.165) is 25.2 Å². The monoisotopic (exact) mass is 218 g/mol. The number of nitrogens with one attached hydrogen (secondary N) is 1. The second-order valence-corrected chi connectivity index (χ2v) is 4.25. The van der Waals surface area contributed by atoms with Crippen molar-refractivity contribution < 1.29 is 0 Å². The van der Waals surface area contributed by atoms with E-state index in [1.54, 1.807) is 15.3 Å². The van der Waals surface area contributed by atoms with E-state index in [4.69, 9.17) is 0 Å². The van der Waals surface area contributed by atoms with Crippen molar-refractivity contribution in [1.82, 2.24) is 19.5 Å². The van der Waals surface area contributed by atoms with Gasteiger partial charge in [0.1, 0.15) is 0 Å². The highest BCUT2D eigenvalue weighted by atomic mass is 16.2. The molecule has 0 saturated carbocycles. The van der Waals surface area contributed by atoms with Crippen molar-refractivity contribution in [3.05, 3.63) is 34.9 Å². The largest absolute Gasteiger partial charge is 0.350 e. The normalized spacial score (nSPS) is 20.6. The Labute approximate surface area is 92.7 Å². The van der Waals surface area contributed by atoms with Crippen LogP contribution in [0.25, 0.3) is 5.65 Å². The van der Waals surface area contributed by atoms with Gasteiger partial charge >= 0.3 is 5.69 Å². The van der Waals surface area contributed by atoms with Crippen molar-refractivity contribution in [2.45, 2.75) is 13.0 Å². The van der Waals surface area contributed by atoms with E-state index >= 15 is 0 Å². The summed E-state index contributed by atoms with van der Waals surface area (Å²) < 4.78 is 3.16. The van der Waals surface area contributed by atoms with Gasteiger partial charge in [-0.05, 0) is 37.6 Å². The molecule has 1 atom stereocenters. The summed E-state index contributed by atoms with van der Waals surface area (Å²) in [6.07, 6.45) is 2.88. The van der Waals surface area contributed by atoms with Crippen LogP contribution in [0, 0.1) is 5.92 Å². The summed E-state index contributed by atoms with van der Waals surface area (Å²) in [5.41, 5.74) is 0.681. The average molecular weight is 218 g/mol. The van der Waals surface area contributed by atoms with Gasteiger partial charge in [-0.1, -0.05) is 6.07 Å². The minimum absolute atomic E-state index is 0.0394. The third-order valence-electron chi connectivity index (χ3n) is 3.08. The topological polar surface area (TPSA) is 51.3 Å². The molecule has 2 aromatic rings. The van der Waals surface area contributed by atoms with Crippen LogP contribution < -0.4 is 11.0 Å². The first-order valence-electron chi connectivity index (χ1n) is 5.59. The van der Waals surface area contributed by atoms with Gasteiger partial charge in [0.05, 0.1) is 6.54 Å². The van der Waals surface area contributed by atoms with Crippen LogP contribution >= 0.6 is 0 Å². The lowest BCUT2D eigenvalue weighted by Gasteiger charge is -2.05. The first-order valence-corrected chi connectivity index (χ1v) is 5.59. The zero-order valence-corrected chi connectivity index (χ0v) is 8.97. The van der Waals surface area contributed by atoms with Crippen molar-refractivity contribution >= 4 is 5.65 Å². The average Bonchev–Trinajstić information content (AvgIpc) is 2.90. The molecule has 16 heavy (non-hydrogen) atoms. The number of hydrogen-bond acceptors (Lipinski definition) is 3. The summed E-state index contributed by atoms with van der Waals surface area (Å²) in [7, 11) is 0. The molecule has 0 amide bonds. The Morgan fingerprint density at radius 1 is 1.50 bits per heavy atom. The number of nitrogens with zero attached hydrogens (tertiary/aromatic N) is 3. The molecule has 1 aliphatic rings. The molecule has 5 heteroatoms. The first kappa shape index (κ1) is 9.59. The molecular formula is C11H14N4O. The van der Waals surface area contributed by atoms with Gasteiger partial charge < -0.3 is 5.32 Å². The van der Waals surface area contributed by atoms with E-state index in [-0.39, 0.29) is 5.69 Å². The van der Waals surface area contributed by atoms with Gasteiger partial charge in [0, 0.05) is 6.20 Å². The lowest BCUT2D eigenvalue weighted by molar-refractivity contribution is 0.440. The molecular weight excluding hydrogens is 204 g/mol. The van der Waals surface area contributed by atoms with Crippen LogP contribution in [0.15, 0.2) is 29.2 Å². The Morgan fingerprint density at radius 2 is 2.44 bits per heavy atom. The Balaban J connectivity index is 1.97. The maximum Gasteiger partial charge on any atom is 0.350 e. The van der Waals surface area contributed by atoms with Gasteiger partial charge in [-0.3, -0.25) is 4.40 Å². The minimum Gasteiger partial charge on any atom is -0.316 e. The molecule has 1 fully saturated rings. The lowest BCUT2D eigenvalue weighted by atomic mass is 10.1. The molecule has 3 heterocycles. The smallest absolute Gasteiger partial charge is 0.316 e. The molecule has 0 aliphatic carbocycles. The summed E-state index contributed by atoms with van der Waals surface area (Å²) in [6, 6.07) is 5.59. The number of fused-ring (bicyclic) bond motifs is 1. The van der Waals surface area contributed by atoms with Crippen LogP contribution in [-0.4, -0.2) is 27.3 Å². The minimum atomic E-state index is -0.0394. The molecule has 1 aliphatic heterocycles. The highest BCUT2D eigenvalue weighted by molar-refractivity contribution is 5.35. The van der Waals surface area contributed by atoms with Crippen LogP contribution in [0.4, 0.5) is 0 Å². The molecule has 0 aromatic carbocycles. The second-order valence-electron chi connectivity index (χ2n) is 4.25. The van der Waals surface area contributed by atoms with Gasteiger partial charge in [0.2, 0.25) is 0 Å². The molecule has 1 N–H and O–H groups in total. The molecule has 5 nitrogen and oxygen atoms in total. The SMILES string of the molecule is O=c1n(CC2CCNC2)nc2ccccn12. The molecule has 3 rings (SSSR count). The predicted octanol–water partition coefficient (Wildman–Crippen LogP) is 0.105. The van der Waals surface area contributed by atoms with Crippen molar-refractivity contribution in [3.63, 3.8) is 0 Å². The molecule has 1 unspecified atom stereocenters. The summed E-state index contributed by atoms with van der Waals surface area (Å²) in [5, 5.41) is 7.61. The number of aromatic nitrogens is 3.